The second-order valence-corrected chi connectivity index (χ2v) is 11.2. The van der Waals surface area contributed by atoms with Crippen molar-refractivity contribution in [2.75, 3.05) is 32.8 Å². The molecule has 1 aliphatic heterocycles. The predicted molar refractivity (Wildman–Crippen MR) is 146 cm³/mol. The van der Waals surface area contributed by atoms with Gasteiger partial charge in [0.2, 0.25) is 5.91 Å². The lowest BCUT2D eigenvalue weighted by Gasteiger charge is -2.37. The molecule has 6 nitrogen and oxygen atoms in total. The fourth-order valence-electron chi connectivity index (χ4n) is 5.03. The van der Waals surface area contributed by atoms with E-state index in [4.69, 9.17) is 9.47 Å². The highest BCUT2D eigenvalue weighted by Crippen LogP contribution is 2.35. The van der Waals surface area contributed by atoms with Crippen molar-refractivity contribution in [3.05, 3.63) is 81.5 Å². The van der Waals surface area contributed by atoms with Gasteiger partial charge in [0.25, 0.3) is 0 Å². The van der Waals surface area contributed by atoms with Crippen LogP contribution < -0.4 is 9.47 Å². The van der Waals surface area contributed by atoms with Gasteiger partial charge >= 0.3 is 0 Å². The molecule has 0 bridgehead atoms. The Balaban J connectivity index is 1.22. The summed E-state index contributed by atoms with van der Waals surface area (Å²) in [6.07, 6.45) is 2.33. The summed E-state index contributed by atoms with van der Waals surface area (Å²) in [5.74, 6) is 1.70. The molecule has 0 radical (unpaired) electrons. The zero-order valence-electron chi connectivity index (χ0n) is 21.6. The predicted octanol–water partition coefficient (Wildman–Crippen LogP) is 4.77. The third-order valence-electron chi connectivity index (χ3n) is 7.18. The van der Waals surface area contributed by atoms with E-state index in [1.165, 1.54) is 10.4 Å². The summed E-state index contributed by atoms with van der Waals surface area (Å²) in [5.41, 5.74) is 3.39. The van der Waals surface area contributed by atoms with Gasteiger partial charge in [0, 0.05) is 24.0 Å². The van der Waals surface area contributed by atoms with Crippen molar-refractivity contribution in [3.8, 4) is 11.5 Å². The van der Waals surface area contributed by atoms with Gasteiger partial charge in [-0.15, -0.1) is 11.3 Å². The molecule has 2 atom stereocenters. The topological polar surface area (TPSA) is 62.2 Å². The molecule has 1 N–H and O–H groups in total. The first-order valence-electron chi connectivity index (χ1n) is 13.1. The first-order valence-corrected chi connectivity index (χ1v) is 14.0. The Labute approximate surface area is 223 Å². The number of thiophene rings is 1. The summed E-state index contributed by atoms with van der Waals surface area (Å²) in [7, 11) is 0. The van der Waals surface area contributed by atoms with Gasteiger partial charge in [0.1, 0.15) is 30.8 Å². The maximum absolute atomic E-state index is 13.7. The van der Waals surface area contributed by atoms with E-state index in [0.29, 0.717) is 32.3 Å². The minimum absolute atomic E-state index is 0.0913. The monoisotopic (exact) mass is 520 g/mol. The van der Waals surface area contributed by atoms with Gasteiger partial charge < -0.3 is 19.5 Å². The molecule has 3 aromatic rings. The fourth-order valence-corrected chi connectivity index (χ4v) is 5.96. The largest absolute Gasteiger partial charge is 0.491 e. The summed E-state index contributed by atoms with van der Waals surface area (Å²) < 4.78 is 12.0. The maximum Gasteiger partial charge on any atom is 0.237 e. The number of hydrogen-bond donors (Lipinski definition) is 1. The van der Waals surface area contributed by atoms with E-state index in [0.717, 1.165) is 41.9 Å². The van der Waals surface area contributed by atoms with Crippen LogP contribution in [0.5, 0.6) is 11.5 Å². The van der Waals surface area contributed by atoms with E-state index in [2.05, 4.69) is 16.3 Å². The second-order valence-electron chi connectivity index (χ2n) is 10.2. The number of rotatable bonds is 11. The molecular weight excluding hydrogens is 484 g/mol. The van der Waals surface area contributed by atoms with Crippen LogP contribution in [-0.2, 0) is 11.2 Å². The number of ether oxygens (including phenoxy) is 2. The van der Waals surface area contributed by atoms with Crippen LogP contribution in [0.15, 0.2) is 60.0 Å². The van der Waals surface area contributed by atoms with Gasteiger partial charge in [-0.2, -0.15) is 0 Å². The molecule has 1 aliphatic carbocycles. The van der Waals surface area contributed by atoms with E-state index >= 15 is 0 Å². The molecule has 5 rings (SSSR count). The molecule has 1 saturated carbocycles. The van der Waals surface area contributed by atoms with Crippen molar-refractivity contribution in [1.29, 1.82) is 0 Å². The zero-order valence-corrected chi connectivity index (χ0v) is 22.5. The fraction of sp³-hybridized carbons (Fsp3) is 0.433. The van der Waals surface area contributed by atoms with Gasteiger partial charge in [-0.1, -0.05) is 30.3 Å². The number of carbonyl (C=O) groups is 1. The lowest BCUT2D eigenvalue weighted by molar-refractivity contribution is -0.136. The third-order valence-corrected chi connectivity index (χ3v) is 8.18. The molecule has 7 heteroatoms. The Morgan fingerprint density at radius 2 is 1.97 bits per heavy atom. The normalized spacial score (nSPS) is 17.9. The summed E-state index contributed by atoms with van der Waals surface area (Å²) in [6.45, 7) is 6.08. The second kappa shape index (κ2) is 11.7. The number of hydrogen-bond acceptors (Lipinski definition) is 6. The summed E-state index contributed by atoms with van der Waals surface area (Å²) in [5, 5.41) is 12.9. The Kier molecular flexibility index (Phi) is 8.13. The Hall–Kier alpha value is -2.87. The van der Waals surface area contributed by atoms with Crippen LogP contribution >= 0.6 is 11.3 Å². The molecule has 1 amide bonds. The highest BCUT2D eigenvalue weighted by atomic mass is 32.1. The first kappa shape index (κ1) is 25.8. The van der Waals surface area contributed by atoms with Gasteiger partial charge in [-0.05, 0) is 79.4 Å². The van der Waals surface area contributed by atoms with E-state index in [-0.39, 0.29) is 18.6 Å². The van der Waals surface area contributed by atoms with Crippen molar-refractivity contribution in [1.82, 2.24) is 9.80 Å². The molecule has 1 aromatic heterocycles. The number of aliphatic hydroxyl groups is 1. The number of nitrogens with zero attached hydrogens (tertiary/aromatic N) is 2. The van der Waals surface area contributed by atoms with Crippen molar-refractivity contribution >= 4 is 17.2 Å². The van der Waals surface area contributed by atoms with Crippen LogP contribution in [0.2, 0.25) is 0 Å². The Morgan fingerprint density at radius 3 is 2.76 bits per heavy atom. The average molecular weight is 521 g/mol. The molecular formula is C30H36N2O4S. The SMILES string of the molecule is Cc1cccc(OCC2c3ccsc3CCN2C(=O)CN(CC(O)COc2ccccc2C)C2CC2)c1. The van der Waals surface area contributed by atoms with E-state index < -0.39 is 6.10 Å². The smallest absolute Gasteiger partial charge is 0.237 e. The minimum atomic E-state index is -0.668. The van der Waals surface area contributed by atoms with Crippen LogP contribution in [0.3, 0.4) is 0 Å². The molecule has 0 saturated heterocycles. The van der Waals surface area contributed by atoms with Crippen molar-refractivity contribution in [2.45, 2.75) is 51.3 Å². The standard InChI is InChI=1S/C30H36N2O4S/c1-21-6-5-8-25(16-21)35-20-27-26-13-15-37-29(26)12-14-32(27)30(34)18-31(23-10-11-23)17-24(33)19-36-28-9-4-3-7-22(28)2/h3-9,13,15-16,23-24,27,33H,10-12,14,17-20H2,1-2H3. The lowest BCUT2D eigenvalue weighted by atomic mass is 10.0. The molecule has 2 heterocycles. The van der Waals surface area contributed by atoms with Gasteiger partial charge in [-0.25, -0.2) is 0 Å². The number of para-hydroxylation sites is 1. The van der Waals surface area contributed by atoms with Gasteiger partial charge in [-0.3, -0.25) is 9.69 Å². The van der Waals surface area contributed by atoms with Crippen LogP contribution in [0, 0.1) is 13.8 Å². The summed E-state index contributed by atoms with van der Waals surface area (Å²) >= 11 is 1.76. The number of fused-ring (bicyclic) bond motifs is 1. The van der Waals surface area contributed by atoms with Gasteiger partial charge in [0.15, 0.2) is 0 Å². The van der Waals surface area contributed by atoms with E-state index in [1.807, 2.05) is 67.3 Å². The van der Waals surface area contributed by atoms with Crippen LogP contribution in [0.4, 0.5) is 0 Å². The summed E-state index contributed by atoms with van der Waals surface area (Å²) in [4.78, 5) is 19.1. The zero-order chi connectivity index (χ0) is 25.8. The van der Waals surface area contributed by atoms with Crippen molar-refractivity contribution in [2.24, 2.45) is 0 Å². The molecule has 1 fully saturated rings. The van der Waals surface area contributed by atoms with Crippen molar-refractivity contribution in [3.63, 3.8) is 0 Å². The van der Waals surface area contributed by atoms with Crippen LogP contribution in [-0.4, -0.2) is 65.8 Å². The molecule has 196 valence electrons. The van der Waals surface area contributed by atoms with E-state index in [1.54, 1.807) is 11.3 Å². The Bertz CT molecular complexity index is 1210. The van der Waals surface area contributed by atoms with Crippen LogP contribution in [0.25, 0.3) is 0 Å². The number of aryl methyl sites for hydroxylation is 2. The highest BCUT2D eigenvalue weighted by molar-refractivity contribution is 7.10. The molecule has 2 aromatic carbocycles. The molecule has 2 unspecified atom stereocenters. The Morgan fingerprint density at radius 1 is 1.14 bits per heavy atom. The third kappa shape index (κ3) is 6.53. The lowest BCUT2D eigenvalue weighted by Crippen LogP contribution is -2.48. The molecule has 37 heavy (non-hydrogen) atoms. The van der Waals surface area contributed by atoms with Crippen LogP contribution in [0.1, 0.15) is 40.5 Å². The number of amides is 1. The van der Waals surface area contributed by atoms with E-state index in [9.17, 15) is 9.90 Å². The maximum atomic E-state index is 13.7. The minimum Gasteiger partial charge on any atom is -0.491 e. The van der Waals surface area contributed by atoms with Crippen molar-refractivity contribution < 1.29 is 19.4 Å². The average Bonchev–Trinajstić information content (AvgIpc) is 3.63. The van der Waals surface area contributed by atoms with Gasteiger partial charge in [0.05, 0.1) is 12.6 Å². The first-order chi connectivity index (χ1) is 18.0. The highest BCUT2D eigenvalue weighted by Gasteiger charge is 2.36. The molecule has 0 spiro atoms. The summed E-state index contributed by atoms with van der Waals surface area (Å²) in [6, 6.07) is 18.2. The number of aliphatic hydroxyl groups excluding tert-OH is 1. The molecule has 2 aliphatic rings. The number of benzene rings is 2. The number of carbonyl (C=O) groups excluding carboxylic acids is 1. The quantitative estimate of drug-likeness (QED) is 0.395.